The standard InChI is InChI=1S/C11H12N4O2S/c1-3-17-10(16)7-4-6-5-13-11(18-2)15-9(6)14-8(7)12/h4-5H,3H2,1-2H3,(H2,12,13,14,15). The van der Waals surface area contributed by atoms with Gasteiger partial charge in [0.05, 0.1) is 6.61 Å². The van der Waals surface area contributed by atoms with Crippen molar-refractivity contribution in [1.82, 2.24) is 15.0 Å². The lowest BCUT2D eigenvalue weighted by Crippen LogP contribution is -2.10. The van der Waals surface area contributed by atoms with Crippen molar-refractivity contribution in [2.75, 3.05) is 18.6 Å². The first-order valence-corrected chi connectivity index (χ1v) is 6.52. The van der Waals surface area contributed by atoms with Crippen molar-refractivity contribution in [2.24, 2.45) is 0 Å². The number of carbonyl (C=O) groups is 1. The molecule has 0 unspecified atom stereocenters. The molecular formula is C11H12N4O2S. The van der Waals surface area contributed by atoms with Crippen LogP contribution in [-0.2, 0) is 4.74 Å². The Morgan fingerprint density at radius 3 is 2.94 bits per heavy atom. The largest absolute Gasteiger partial charge is 0.462 e. The first-order valence-electron chi connectivity index (χ1n) is 5.30. The first kappa shape index (κ1) is 12.6. The lowest BCUT2D eigenvalue weighted by Gasteiger charge is -2.06. The highest BCUT2D eigenvalue weighted by atomic mass is 32.2. The van der Waals surface area contributed by atoms with Gasteiger partial charge in [-0.1, -0.05) is 11.8 Å². The summed E-state index contributed by atoms with van der Waals surface area (Å²) in [4.78, 5) is 24.1. The van der Waals surface area contributed by atoms with Gasteiger partial charge >= 0.3 is 5.97 Å². The van der Waals surface area contributed by atoms with Gasteiger partial charge in [0.1, 0.15) is 11.4 Å². The molecule has 0 amide bonds. The topological polar surface area (TPSA) is 91.0 Å². The molecule has 7 heteroatoms. The summed E-state index contributed by atoms with van der Waals surface area (Å²) in [5.41, 5.74) is 6.44. The number of rotatable bonds is 3. The van der Waals surface area contributed by atoms with Crippen LogP contribution in [0.1, 0.15) is 17.3 Å². The molecule has 6 nitrogen and oxygen atoms in total. The number of carbonyl (C=O) groups excluding carboxylic acids is 1. The summed E-state index contributed by atoms with van der Waals surface area (Å²) in [6.45, 7) is 2.02. The van der Waals surface area contributed by atoms with Gasteiger partial charge in [0, 0.05) is 11.6 Å². The van der Waals surface area contributed by atoms with Crippen LogP contribution in [0.3, 0.4) is 0 Å². The Bertz CT molecular complexity index is 603. The number of fused-ring (bicyclic) bond motifs is 1. The molecule has 2 aromatic rings. The zero-order valence-electron chi connectivity index (χ0n) is 10.0. The number of nitrogen functional groups attached to an aromatic ring is 1. The average molecular weight is 264 g/mol. The van der Waals surface area contributed by atoms with E-state index in [1.165, 1.54) is 11.8 Å². The molecule has 0 spiro atoms. The molecule has 0 saturated carbocycles. The summed E-state index contributed by atoms with van der Waals surface area (Å²) in [7, 11) is 0. The highest BCUT2D eigenvalue weighted by Gasteiger charge is 2.14. The summed E-state index contributed by atoms with van der Waals surface area (Å²) in [5, 5.41) is 1.27. The smallest absolute Gasteiger partial charge is 0.341 e. The number of anilines is 1. The van der Waals surface area contributed by atoms with E-state index in [2.05, 4.69) is 15.0 Å². The van der Waals surface area contributed by atoms with Crippen LogP contribution in [0, 0.1) is 0 Å². The van der Waals surface area contributed by atoms with Crippen molar-refractivity contribution < 1.29 is 9.53 Å². The second kappa shape index (κ2) is 5.18. The molecule has 18 heavy (non-hydrogen) atoms. The fourth-order valence-corrected chi connectivity index (χ4v) is 1.77. The predicted octanol–water partition coefficient (Wildman–Crippen LogP) is 1.51. The third-order valence-corrected chi connectivity index (χ3v) is 2.82. The van der Waals surface area contributed by atoms with Gasteiger partial charge < -0.3 is 10.5 Å². The van der Waals surface area contributed by atoms with Crippen molar-refractivity contribution in [3.8, 4) is 0 Å². The minimum absolute atomic E-state index is 0.117. The normalized spacial score (nSPS) is 10.6. The van der Waals surface area contributed by atoms with Gasteiger partial charge in [0.15, 0.2) is 10.8 Å². The summed E-state index contributed by atoms with van der Waals surface area (Å²) >= 11 is 1.41. The summed E-state index contributed by atoms with van der Waals surface area (Å²) in [6, 6.07) is 1.60. The Balaban J connectivity index is 2.52. The molecule has 0 saturated heterocycles. The van der Waals surface area contributed by atoms with Crippen molar-refractivity contribution in [3.05, 3.63) is 17.8 Å². The number of ether oxygens (including phenoxy) is 1. The van der Waals surface area contributed by atoms with Gasteiger partial charge in [-0.3, -0.25) is 0 Å². The van der Waals surface area contributed by atoms with Crippen LogP contribution >= 0.6 is 11.8 Å². The molecule has 0 fully saturated rings. The highest BCUT2D eigenvalue weighted by molar-refractivity contribution is 7.98. The lowest BCUT2D eigenvalue weighted by atomic mass is 10.2. The molecule has 0 aromatic carbocycles. The molecule has 2 heterocycles. The fraction of sp³-hybridized carbons (Fsp3) is 0.273. The van der Waals surface area contributed by atoms with Crippen LogP contribution in [0.2, 0.25) is 0 Å². The molecule has 0 aliphatic carbocycles. The first-order chi connectivity index (χ1) is 8.65. The molecule has 0 atom stereocenters. The average Bonchev–Trinajstić information content (AvgIpc) is 2.37. The van der Waals surface area contributed by atoms with E-state index in [0.29, 0.717) is 16.2 Å². The number of esters is 1. The van der Waals surface area contributed by atoms with Gasteiger partial charge in [0.25, 0.3) is 0 Å². The van der Waals surface area contributed by atoms with Crippen LogP contribution in [0.4, 0.5) is 5.82 Å². The number of hydrogen-bond donors (Lipinski definition) is 1. The van der Waals surface area contributed by atoms with E-state index in [1.807, 2.05) is 6.26 Å². The van der Waals surface area contributed by atoms with Gasteiger partial charge in [-0.25, -0.2) is 19.7 Å². The maximum atomic E-state index is 11.6. The van der Waals surface area contributed by atoms with Crippen molar-refractivity contribution >= 4 is 34.6 Å². The maximum Gasteiger partial charge on any atom is 0.341 e. The van der Waals surface area contributed by atoms with Crippen LogP contribution in [-0.4, -0.2) is 33.8 Å². The number of thioether (sulfide) groups is 1. The molecule has 0 bridgehead atoms. The second-order valence-electron chi connectivity index (χ2n) is 3.41. The Labute approximate surface area is 108 Å². The van der Waals surface area contributed by atoms with Crippen molar-refractivity contribution in [3.63, 3.8) is 0 Å². The summed E-state index contributed by atoms with van der Waals surface area (Å²) in [5.74, 6) is -0.370. The van der Waals surface area contributed by atoms with Gasteiger partial charge in [-0.05, 0) is 19.2 Å². The third-order valence-electron chi connectivity index (χ3n) is 2.25. The minimum Gasteiger partial charge on any atom is -0.462 e. The molecule has 2 aromatic heterocycles. The van der Waals surface area contributed by atoms with E-state index in [1.54, 1.807) is 19.2 Å². The minimum atomic E-state index is -0.488. The zero-order valence-corrected chi connectivity index (χ0v) is 10.8. The molecule has 94 valence electrons. The Morgan fingerprint density at radius 1 is 1.50 bits per heavy atom. The maximum absolute atomic E-state index is 11.6. The van der Waals surface area contributed by atoms with E-state index < -0.39 is 5.97 Å². The molecule has 0 radical (unpaired) electrons. The molecular weight excluding hydrogens is 252 g/mol. The van der Waals surface area contributed by atoms with E-state index in [0.717, 1.165) is 0 Å². The molecule has 0 aliphatic rings. The lowest BCUT2D eigenvalue weighted by molar-refractivity contribution is 0.0527. The zero-order chi connectivity index (χ0) is 13.1. The van der Waals surface area contributed by atoms with Crippen molar-refractivity contribution in [2.45, 2.75) is 12.1 Å². The van der Waals surface area contributed by atoms with E-state index >= 15 is 0 Å². The van der Waals surface area contributed by atoms with E-state index in [4.69, 9.17) is 10.5 Å². The number of pyridine rings is 1. The quantitative estimate of drug-likeness (QED) is 0.510. The van der Waals surface area contributed by atoms with Crippen LogP contribution in [0.5, 0.6) is 0 Å². The highest BCUT2D eigenvalue weighted by Crippen LogP contribution is 2.19. The Hall–Kier alpha value is -1.89. The van der Waals surface area contributed by atoms with Gasteiger partial charge in [-0.15, -0.1) is 0 Å². The van der Waals surface area contributed by atoms with Crippen LogP contribution in [0.25, 0.3) is 11.0 Å². The number of aromatic nitrogens is 3. The molecule has 2 rings (SSSR count). The monoisotopic (exact) mass is 264 g/mol. The molecule has 2 N–H and O–H groups in total. The Kier molecular flexibility index (Phi) is 3.61. The van der Waals surface area contributed by atoms with Crippen molar-refractivity contribution in [1.29, 1.82) is 0 Å². The Morgan fingerprint density at radius 2 is 2.28 bits per heavy atom. The molecule has 0 aliphatic heterocycles. The van der Waals surface area contributed by atoms with Crippen LogP contribution < -0.4 is 5.73 Å². The van der Waals surface area contributed by atoms with Crippen LogP contribution in [0.15, 0.2) is 17.4 Å². The number of hydrogen-bond acceptors (Lipinski definition) is 7. The summed E-state index contributed by atoms with van der Waals surface area (Å²) < 4.78 is 4.90. The van der Waals surface area contributed by atoms with E-state index in [-0.39, 0.29) is 18.0 Å². The third kappa shape index (κ3) is 2.35. The predicted molar refractivity (Wildman–Crippen MR) is 69.5 cm³/mol. The van der Waals surface area contributed by atoms with Gasteiger partial charge in [0.2, 0.25) is 0 Å². The van der Waals surface area contributed by atoms with E-state index in [9.17, 15) is 4.79 Å². The summed E-state index contributed by atoms with van der Waals surface area (Å²) in [6.07, 6.45) is 3.49. The second-order valence-corrected chi connectivity index (χ2v) is 4.18. The SMILES string of the molecule is CCOC(=O)c1cc2cnc(SC)nc2nc1N. The fourth-order valence-electron chi connectivity index (χ4n) is 1.43. The number of nitrogens with zero attached hydrogens (tertiary/aromatic N) is 3. The number of nitrogens with two attached hydrogens (primary N) is 1. The van der Waals surface area contributed by atoms with Gasteiger partial charge in [-0.2, -0.15) is 0 Å².